The Bertz CT molecular complexity index is 818. The number of fused-ring (bicyclic) bond motifs is 5. The van der Waals surface area contributed by atoms with Crippen LogP contribution in [0.5, 0.6) is 0 Å². The number of benzene rings is 1. The molecule has 1 amide bonds. The lowest BCUT2D eigenvalue weighted by molar-refractivity contribution is -0.115. The number of anilines is 1. The molecule has 3 aromatic rings. The summed E-state index contributed by atoms with van der Waals surface area (Å²) in [7, 11) is 0. The molecule has 1 aromatic carbocycles. The third kappa shape index (κ3) is 1.60. The van der Waals surface area contributed by atoms with E-state index in [-0.39, 0.29) is 5.91 Å². The Balaban J connectivity index is 2.10. The third-order valence-electron chi connectivity index (χ3n) is 3.37. The first-order chi connectivity index (χ1) is 9.22. The summed E-state index contributed by atoms with van der Waals surface area (Å²) >= 11 is 7.69. The van der Waals surface area contributed by atoms with Crippen molar-refractivity contribution in [3.05, 3.63) is 40.2 Å². The van der Waals surface area contributed by atoms with Gasteiger partial charge in [0.05, 0.1) is 22.7 Å². The highest BCUT2D eigenvalue weighted by atomic mass is 35.5. The first-order valence-electron chi connectivity index (χ1n) is 5.90. The van der Waals surface area contributed by atoms with E-state index in [0.717, 1.165) is 32.7 Å². The Kier molecular flexibility index (Phi) is 2.25. The number of hydrogen-bond acceptors (Lipinski definition) is 2. The zero-order valence-corrected chi connectivity index (χ0v) is 11.4. The molecule has 0 unspecified atom stereocenters. The average molecular weight is 289 g/mol. The lowest BCUT2D eigenvalue weighted by Gasteiger charge is -1.99. The predicted molar refractivity (Wildman–Crippen MR) is 79.0 cm³/mol. The summed E-state index contributed by atoms with van der Waals surface area (Å²) < 4.78 is 0. The van der Waals surface area contributed by atoms with Crippen LogP contribution in [-0.4, -0.2) is 10.9 Å². The Hall–Kier alpha value is -1.78. The molecule has 0 aliphatic carbocycles. The summed E-state index contributed by atoms with van der Waals surface area (Å²) in [6.07, 6.45) is 0.372. The second kappa shape index (κ2) is 3.85. The van der Waals surface area contributed by atoms with Gasteiger partial charge >= 0.3 is 0 Å². The van der Waals surface area contributed by atoms with Crippen molar-refractivity contribution in [3.63, 3.8) is 0 Å². The van der Waals surface area contributed by atoms with E-state index in [0.29, 0.717) is 11.4 Å². The zero-order chi connectivity index (χ0) is 13.0. The molecule has 5 heteroatoms. The largest absolute Gasteiger partial charge is 0.354 e. The monoisotopic (exact) mass is 288 g/mol. The molecular weight excluding hydrogens is 280 g/mol. The van der Waals surface area contributed by atoms with Gasteiger partial charge < -0.3 is 10.3 Å². The second-order valence-corrected chi connectivity index (χ2v) is 5.91. The number of hydrogen-bond donors (Lipinski definition) is 2. The Morgan fingerprint density at radius 3 is 3.05 bits per heavy atom. The van der Waals surface area contributed by atoms with Gasteiger partial charge in [0, 0.05) is 15.9 Å². The molecule has 0 bridgehead atoms. The molecule has 3 nitrogen and oxygen atoms in total. The van der Waals surface area contributed by atoms with Crippen LogP contribution in [0, 0.1) is 0 Å². The van der Waals surface area contributed by atoms with Gasteiger partial charge in [-0.05, 0) is 35.2 Å². The van der Waals surface area contributed by atoms with Crippen LogP contribution in [0.4, 0.5) is 5.69 Å². The van der Waals surface area contributed by atoms with E-state index in [2.05, 4.69) is 10.3 Å². The maximum Gasteiger partial charge on any atom is 0.228 e. The second-order valence-electron chi connectivity index (χ2n) is 4.56. The van der Waals surface area contributed by atoms with E-state index in [1.165, 1.54) is 0 Å². The van der Waals surface area contributed by atoms with Crippen molar-refractivity contribution in [2.24, 2.45) is 0 Å². The molecule has 4 rings (SSSR count). The molecule has 0 fully saturated rings. The van der Waals surface area contributed by atoms with Gasteiger partial charge in [-0.2, -0.15) is 0 Å². The number of thiophene rings is 1. The van der Waals surface area contributed by atoms with Crippen LogP contribution in [0.15, 0.2) is 29.6 Å². The fraction of sp³-hybridized carbons (Fsp3) is 0.0714. The molecule has 3 heterocycles. The van der Waals surface area contributed by atoms with Crippen molar-refractivity contribution in [1.29, 1.82) is 0 Å². The number of carbonyl (C=O) groups excluding carboxylic acids is 1. The van der Waals surface area contributed by atoms with Gasteiger partial charge in [0.15, 0.2) is 0 Å². The Labute approximate surface area is 118 Å². The molecule has 94 valence electrons. The van der Waals surface area contributed by atoms with Gasteiger partial charge in [-0.25, -0.2) is 0 Å². The number of amides is 1. The molecular formula is C14H9ClN2OS. The number of H-pyrrole nitrogens is 1. The van der Waals surface area contributed by atoms with E-state index < -0.39 is 0 Å². The first kappa shape index (κ1) is 11.1. The average Bonchev–Trinajstić information content (AvgIpc) is 2.92. The van der Waals surface area contributed by atoms with Crippen molar-refractivity contribution in [2.45, 2.75) is 6.42 Å². The van der Waals surface area contributed by atoms with E-state index in [1.54, 1.807) is 11.3 Å². The SMILES string of the molecule is O=C1Cc2c([nH]c3ccc(Cl)cc23)-c2sccc2N1. The number of aromatic nitrogens is 1. The summed E-state index contributed by atoms with van der Waals surface area (Å²) in [6, 6.07) is 7.66. The first-order valence-corrected chi connectivity index (χ1v) is 7.16. The van der Waals surface area contributed by atoms with Crippen LogP contribution < -0.4 is 5.32 Å². The molecule has 1 aliphatic rings. The number of nitrogens with one attached hydrogen (secondary N) is 2. The van der Waals surface area contributed by atoms with Crippen molar-refractivity contribution in [2.75, 3.05) is 5.32 Å². The van der Waals surface area contributed by atoms with Crippen LogP contribution in [0.3, 0.4) is 0 Å². The lowest BCUT2D eigenvalue weighted by Crippen LogP contribution is -2.12. The van der Waals surface area contributed by atoms with Crippen molar-refractivity contribution in [3.8, 4) is 10.6 Å². The van der Waals surface area contributed by atoms with Gasteiger partial charge in [0.1, 0.15) is 0 Å². The van der Waals surface area contributed by atoms with Crippen LogP contribution in [0.1, 0.15) is 5.56 Å². The third-order valence-corrected chi connectivity index (χ3v) is 4.54. The lowest BCUT2D eigenvalue weighted by atomic mass is 10.1. The summed E-state index contributed by atoms with van der Waals surface area (Å²) in [5.74, 6) is 0.0132. The minimum Gasteiger partial charge on any atom is -0.354 e. The molecule has 0 saturated carbocycles. The number of carbonyl (C=O) groups is 1. The zero-order valence-electron chi connectivity index (χ0n) is 9.79. The van der Waals surface area contributed by atoms with Gasteiger partial charge in [-0.15, -0.1) is 11.3 Å². The van der Waals surface area contributed by atoms with Gasteiger partial charge in [0.2, 0.25) is 5.91 Å². The van der Waals surface area contributed by atoms with E-state index in [4.69, 9.17) is 11.6 Å². The Morgan fingerprint density at radius 2 is 2.16 bits per heavy atom. The number of rotatable bonds is 0. The summed E-state index contributed by atoms with van der Waals surface area (Å²) in [5, 5.41) is 6.63. The van der Waals surface area contributed by atoms with E-state index in [1.807, 2.05) is 29.6 Å². The topological polar surface area (TPSA) is 44.9 Å². The highest BCUT2D eigenvalue weighted by molar-refractivity contribution is 7.14. The minimum absolute atomic E-state index is 0.0132. The smallest absolute Gasteiger partial charge is 0.228 e. The molecule has 2 aromatic heterocycles. The number of halogens is 1. The summed E-state index contributed by atoms with van der Waals surface area (Å²) in [5.41, 5.74) is 3.95. The van der Waals surface area contributed by atoms with Crippen molar-refractivity contribution in [1.82, 2.24) is 4.98 Å². The highest BCUT2D eigenvalue weighted by Gasteiger charge is 2.23. The predicted octanol–water partition coefficient (Wildman–Crippen LogP) is 4.04. The van der Waals surface area contributed by atoms with Crippen LogP contribution in [-0.2, 0) is 11.2 Å². The highest BCUT2D eigenvalue weighted by Crippen LogP contribution is 2.41. The standard InChI is InChI=1S/C14H9ClN2OS/c15-7-1-2-10-8(5-7)9-6-12(18)16-11-3-4-19-14(11)13(9)17-10/h1-5,17H,6H2,(H,16,18). The maximum atomic E-state index is 12.0. The van der Waals surface area contributed by atoms with Crippen LogP contribution in [0.25, 0.3) is 21.5 Å². The number of aromatic amines is 1. The van der Waals surface area contributed by atoms with Gasteiger partial charge in [-0.3, -0.25) is 4.79 Å². The minimum atomic E-state index is 0.0132. The van der Waals surface area contributed by atoms with Crippen molar-refractivity contribution >= 4 is 45.4 Å². The van der Waals surface area contributed by atoms with E-state index in [9.17, 15) is 4.79 Å². The fourth-order valence-electron chi connectivity index (χ4n) is 2.55. The summed E-state index contributed by atoms with van der Waals surface area (Å²) in [6.45, 7) is 0. The molecule has 0 atom stereocenters. The molecule has 2 N–H and O–H groups in total. The molecule has 0 spiro atoms. The van der Waals surface area contributed by atoms with E-state index >= 15 is 0 Å². The Morgan fingerprint density at radius 1 is 1.26 bits per heavy atom. The van der Waals surface area contributed by atoms with Crippen LogP contribution in [0.2, 0.25) is 5.02 Å². The molecule has 19 heavy (non-hydrogen) atoms. The molecule has 0 radical (unpaired) electrons. The molecule has 1 aliphatic heterocycles. The molecule has 0 saturated heterocycles. The van der Waals surface area contributed by atoms with Crippen molar-refractivity contribution < 1.29 is 4.79 Å². The maximum absolute atomic E-state index is 12.0. The van der Waals surface area contributed by atoms with Crippen LogP contribution >= 0.6 is 22.9 Å². The quantitative estimate of drug-likeness (QED) is 0.644. The fourth-order valence-corrected chi connectivity index (χ4v) is 3.60. The normalized spacial score (nSPS) is 13.8. The van der Waals surface area contributed by atoms with Gasteiger partial charge in [-0.1, -0.05) is 11.6 Å². The summed E-state index contributed by atoms with van der Waals surface area (Å²) in [4.78, 5) is 16.5. The van der Waals surface area contributed by atoms with Gasteiger partial charge in [0.25, 0.3) is 0 Å².